The van der Waals surface area contributed by atoms with Gasteiger partial charge in [0.15, 0.2) is 0 Å². The van der Waals surface area contributed by atoms with E-state index in [1.165, 1.54) is 22.2 Å². The Morgan fingerprint density at radius 2 is 2.00 bits per heavy atom. The summed E-state index contributed by atoms with van der Waals surface area (Å²) in [5, 5.41) is 0.397. The molecule has 1 aliphatic heterocycles. The van der Waals surface area contributed by atoms with Gasteiger partial charge in [0.2, 0.25) is 5.91 Å². The number of hydrogen-bond donors (Lipinski definition) is 0. The predicted octanol–water partition coefficient (Wildman–Crippen LogP) is 1.33. The first kappa shape index (κ1) is 22.1. The van der Waals surface area contributed by atoms with Crippen molar-refractivity contribution in [2.75, 3.05) is 39.9 Å². The van der Waals surface area contributed by atoms with E-state index in [0.717, 1.165) is 5.69 Å². The van der Waals surface area contributed by atoms with E-state index < -0.39 is 0 Å². The van der Waals surface area contributed by atoms with Crippen molar-refractivity contribution >= 4 is 33.4 Å². The van der Waals surface area contributed by atoms with Crippen LogP contribution in [-0.2, 0) is 22.5 Å². The van der Waals surface area contributed by atoms with Crippen molar-refractivity contribution in [3.05, 3.63) is 57.2 Å². The third kappa shape index (κ3) is 4.56. The maximum atomic E-state index is 13.1. The monoisotopic (exact) mass is 455 g/mol. The van der Waals surface area contributed by atoms with Gasteiger partial charge in [-0.05, 0) is 24.6 Å². The van der Waals surface area contributed by atoms with Gasteiger partial charge >= 0.3 is 0 Å². The Morgan fingerprint density at radius 1 is 1.22 bits per heavy atom. The molecule has 0 unspecified atom stereocenters. The van der Waals surface area contributed by atoms with Gasteiger partial charge in [-0.25, -0.2) is 4.98 Å². The number of amides is 2. The van der Waals surface area contributed by atoms with Crippen LogP contribution in [-0.4, -0.2) is 76.0 Å². The summed E-state index contributed by atoms with van der Waals surface area (Å²) >= 11 is 1.21. The number of carbonyl (C=O) groups excluding carboxylic acids is 2. The highest BCUT2D eigenvalue weighted by atomic mass is 32.1. The second-order valence-electron chi connectivity index (χ2n) is 7.70. The third-order valence-electron chi connectivity index (χ3n) is 5.56. The van der Waals surface area contributed by atoms with Crippen LogP contribution in [0.2, 0.25) is 0 Å². The molecule has 0 bridgehead atoms. The molecule has 0 spiro atoms. The van der Waals surface area contributed by atoms with Gasteiger partial charge in [0.1, 0.15) is 11.4 Å². The number of ether oxygens (including phenoxy) is 1. The number of rotatable bonds is 6. The summed E-state index contributed by atoms with van der Waals surface area (Å²) in [6, 6.07) is 5.70. The van der Waals surface area contributed by atoms with E-state index in [4.69, 9.17) is 4.74 Å². The summed E-state index contributed by atoms with van der Waals surface area (Å²) in [6.45, 7) is 4.23. The van der Waals surface area contributed by atoms with Gasteiger partial charge in [-0.15, -0.1) is 11.3 Å². The lowest BCUT2D eigenvalue weighted by Gasteiger charge is -2.26. The molecular formula is C22H25N5O4S. The fourth-order valence-corrected chi connectivity index (χ4v) is 4.77. The lowest BCUT2D eigenvalue weighted by Crippen LogP contribution is -2.43. The molecule has 4 rings (SSSR count). The zero-order valence-corrected chi connectivity index (χ0v) is 18.9. The number of nitrogens with zero attached hydrogens (tertiary/aromatic N) is 5. The fourth-order valence-electron chi connectivity index (χ4n) is 3.64. The molecule has 1 aliphatic rings. The topological polar surface area (TPSA) is 97.6 Å². The number of fused-ring (bicyclic) bond motifs is 1. The normalized spacial score (nSPS) is 14.0. The van der Waals surface area contributed by atoms with Gasteiger partial charge in [-0.1, -0.05) is 6.07 Å². The van der Waals surface area contributed by atoms with Gasteiger partial charge < -0.3 is 14.5 Å². The SMILES string of the molecule is Cc1c(C(=O)N(C)CCc2ccccn2)sc2ncn(CC(=O)N3CCOCC3)c(=O)c12. The first-order chi connectivity index (χ1) is 15.5. The molecule has 32 heavy (non-hydrogen) atoms. The second kappa shape index (κ2) is 9.58. The summed E-state index contributed by atoms with van der Waals surface area (Å²) < 4.78 is 6.59. The quantitative estimate of drug-likeness (QED) is 0.556. The van der Waals surface area contributed by atoms with Crippen molar-refractivity contribution < 1.29 is 14.3 Å². The Labute approximate surface area is 189 Å². The molecule has 9 nitrogen and oxygen atoms in total. The Kier molecular flexibility index (Phi) is 6.61. The zero-order valence-electron chi connectivity index (χ0n) is 18.1. The number of aromatic nitrogens is 3. The summed E-state index contributed by atoms with van der Waals surface area (Å²) in [5.41, 5.74) is 1.21. The molecule has 10 heteroatoms. The maximum Gasteiger partial charge on any atom is 0.264 e. The van der Waals surface area contributed by atoms with Gasteiger partial charge in [-0.2, -0.15) is 0 Å². The van der Waals surface area contributed by atoms with Crippen LogP contribution in [0, 0.1) is 6.92 Å². The van der Waals surface area contributed by atoms with E-state index in [0.29, 0.717) is 59.9 Å². The number of carbonyl (C=O) groups is 2. The first-order valence-electron chi connectivity index (χ1n) is 10.4. The molecular weight excluding hydrogens is 430 g/mol. The van der Waals surface area contributed by atoms with Crippen molar-refractivity contribution in [3.8, 4) is 0 Å². The van der Waals surface area contributed by atoms with E-state index in [1.54, 1.807) is 30.0 Å². The maximum absolute atomic E-state index is 13.1. The van der Waals surface area contributed by atoms with Crippen LogP contribution in [0.15, 0.2) is 35.5 Å². The highest BCUT2D eigenvalue weighted by molar-refractivity contribution is 7.20. The van der Waals surface area contributed by atoms with Gasteiger partial charge in [0.05, 0.1) is 29.8 Å². The summed E-state index contributed by atoms with van der Waals surface area (Å²) in [6.07, 6.45) is 3.76. The zero-order chi connectivity index (χ0) is 22.7. The standard InChI is InChI=1S/C22H25N5O4S/c1-15-18-20(24-14-27(21(18)29)13-17(28)26-9-11-31-12-10-26)32-19(15)22(30)25(2)8-6-16-5-3-4-7-23-16/h3-5,7,14H,6,8-13H2,1-2H3. The van der Waals surface area contributed by atoms with E-state index in [1.807, 2.05) is 18.2 Å². The number of pyridine rings is 1. The number of aryl methyl sites for hydroxylation is 1. The van der Waals surface area contributed by atoms with E-state index in [2.05, 4.69) is 9.97 Å². The fraction of sp³-hybridized carbons (Fsp3) is 0.409. The highest BCUT2D eigenvalue weighted by Crippen LogP contribution is 2.27. The van der Waals surface area contributed by atoms with Crippen molar-refractivity contribution in [1.82, 2.24) is 24.3 Å². The molecule has 3 aromatic rings. The lowest BCUT2D eigenvalue weighted by molar-refractivity contribution is -0.135. The van der Waals surface area contributed by atoms with Crippen LogP contribution in [0.25, 0.3) is 10.2 Å². The molecule has 4 heterocycles. The summed E-state index contributed by atoms with van der Waals surface area (Å²) in [4.78, 5) is 51.6. The molecule has 0 atom stereocenters. The minimum absolute atomic E-state index is 0.0790. The summed E-state index contributed by atoms with van der Waals surface area (Å²) in [5.74, 6) is -0.299. The lowest BCUT2D eigenvalue weighted by atomic mass is 10.2. The molecule has 1 fully saturated rings. The first-order valence-corrected chi connectivity index (χ1v) is 11.3. The molecule has 0 radical (unpaired) electrons. The van der Waals surface area contributed by atoms with Crippen molar-refractivity contribution in [3.63, 3.8) is 0 Å². The van der Waals surface area contributed by atoms with Gasteiger partial charge in [0.25, 0.3) is 11.5 Å². The third-order valence-corrected chi connectivity index (χ3v) is 6.74. The van der Waals surface area contributed by atoms with Crippen molar-refractivity contribution in [2.24, 2.45) is 0 Å². The van der Waals surface area contributed by atoms with Crippen molar-refractivity contribution in [1.29, 1.82) is 0 Å². The van der Waals surface area contributed by atoms with E-state index in [-0.39, 0.29) is 23.9 Å². The van der Waals surface area contributed by atoms with Crippen LogP contribution in [0.3, 0.4) is 0 Å². The molecule has 0 aromatic carbocycles. The summed E-state index contributed by atoms with van der Waals surface area (Å²) in [7, 11) is 1.74. The Morgan fingerprint density at radius 3 is 2.72 bits per heavy atom. The van der Waals surface area contributed by atoms with Crippen LogP contribution < -0.4 is 5.56 Å². The number of likely N-dealkylation sites (N-methyl/N-ethyl adjacent to an activating group) is 1. The number of thiophene rings is 1. The molecule has 0 N–H and O–H groups in total. The van der Waals surface area contributed by atoms with Crippen LogP contribution >= 0.6 is 11.3 Å². The molecule has 0 aliphatic carbocycles. The van der Waals surface area contributed by atoms with E-state index >= 15 is 0 Å². The smallest absolute Gasteiger partial charge is 0.264 e. The minimum atomic E-state index is -0.305. The Bertz CT molecular complexity index is 1180. The highest BCUT2D eigenvalue weighted by Gasteiger charge is 2.23. The predicted molar refractivity (Wildman–Crippen MR) is 121 cm³/mol. The average molecular weight is 456 g/mol. The average Bonchev–Trinajstić information content (AvgIpc) is 3.17. The van der Waals surface area contributed by atoms with Crippen LogP contribution in [0.5, 0.6) is 0 Å². The van der Waals surface area contributed by atoms with Crippen molar-refractivity contribution in [2.45, 2.75) is 19.9 Å². The molecule has 168 valence electrons. The molecule has 3 aromatic heterocycles. The van der Waals surface area contributed by atoms with Crippen LogP contribution in [0.4, 0.5) is 0 Å². The molecule has 1 saturated heterocycles. The van der Waals surface area contributed by atoms with Crippen LogP contribution in [0.1, 0.15) is 20.9 Å². The van der Waals surface area contributed by atoms with E-state index in [9.17, 15) is 14.4 Å². The minimum Gasteiger partial charge on any atom is -0.378 e. The largest absolute Gasteiger partial charge is 0.378 e. The van der Waals surface area contributed by atoms with Gasteiger partial charge in [-0.3, -0.25) is 23.9 Å². The number of hydrogen-bond acceptors (Lipinski definition) is 7. The second-order valence-corrected chi connectivity index (χ2v) is 8.70. The Balaban J connectivity index is 1.52. The molecule has 2 amide bonds. The van der Waals surface area contributed by atoms with Gasteiger partial charge in [0, 0.05) is 45.0 Å². The Hall–Kier alpha value is -3.11. The molecule has 0 saturated carbocycles. The number of morpholine rings is 1.